The molecule has 0 spiro atoms. The van der Waals surface area contributed by atoms with Crippen LogP contribution in [0, 0.1) is 10.4 Å². The predicted molar refractivity (Wildman–Crippen MR) is 74.9 cm³/mol. The van der Waals surface area contributed by atoms with Crippen LogP contribution in [-0.2, 0) is 11.3 Å². The zero-order valence-electron chi connectivity index (χ0n) is 11.1. The summed E-state index contributed by atoms with van der Waals surface area (Å²) in [5.74, 6) is 0. The van der Waals surface area contributed by atoms with E-state index in [2.05, 4.69) is 0 Å². The van der Waals surface area contributed by atoms with Crippen molar-refractivity contribution in [2.45, 2.75) is 12.7 Å². The quantitative estimate of drug-likeness (QED) is 0.503. The van der Waals surface area contributed by atoms with E-state index in [-0.39, 0.29) is 6.61 Å². The average molecular weight is 280 g/mol. The van der Waals surface area contributed by atoms with Crippen LogP contribution in [0.15, 0.2) is 54.6 Å². The number of hydrogen-bond acceptors (Lipinski definition) is 3. The summed E-state index contributed by atoms with van der Waals surface area (Å²) in [5.41, 5.74) is 2.37. The zero-order chi connectivity index (χ0) is 14.4. The summed E-state index contributed by atoms with van der Waals surface area (Å²) < 4.78 is 7.33. The Morgan fingerprint density at radius 2 is 1.48 bits per heavy atom. The Balaban J connectivity index is 2.01. The van der Waals surface area contributed by atoms with Crippen molar-refractivity contribution in [3.05, 3.63) is 82.0 Å². The molecular weight excluding hydrogens is 268 g/mol. The van der Waals surface area contributed by atoms with E-state index in [0.717, 1.165) is 15.0 Å². The third-order valence-electron chi connectivity index (χ3n) is 3.82. The molecule has 2 heterocycles. The van der Waals surface area contributed by atoms with E-state index in [1.807, 2.05) is 30.3 Å². The van der Waals surface area contributed by atoms with Crippen LogP contribution in [0.25, 0.3) is 11.0 Å². The number of aromatic nitrogens is 2. The lowest BCUT2D eigenvalue weighted by atomic mass is 10.1. The molecule has 0 N–H and O–H groups in total. The highest BCUT2D eigenvalue weighted by Crippen LogP contribution is 2.32. The van der Waals surface area contributed by atoms with Gasteiger partial charge in [0, 0.05) is 12.1 Å². The van der Waals surface area contributed by atoms with E-state index < -0.39 is 6.10 Å². The van der Waals surface area contributed by atoms with Gasteiger partial charge in [0.25, 0.3) is 22.4 Å². The average Bonchev–Trinajstić information content (AvgIpc) is 2.99. The van der Waals surface area contributed by atoms with Crippen molar-refractivity contribution < 1.29 is 14.2 Å². The summed E-state index contributed by atoms with van der Waals surface area (Å²) in [7, 11) is 0. The monoisotopic (exact) mass is 280 g/mol. The Morgan fingerprint density at radius 3 is 2.19 bits per heavy atom. The summed E-state index contributed by atoms with van der Waals surface area (Å²) in [5, 5.41) is 25.1. The van der Waals surface area contributed by atoms with Crippen molar-refractivity contribution in [2.24, 2.45) is 0 Å². The molecule has 21 heavy (non-hydrogen) atoms. The van der Waals surface area contributed by atoms with Gasteiger partial charge in [-0.25, -0.2) is 0 Å². The molecule has 5 heteroatoms. The lowest BCUT2D eigenvalue weighted by Gasteiger charge is -2.11. The van der Waals surface area contributed by atoms with Crippen LogP contribution in [-0.4, -0.2) is 0 Å². The Bertz CT molecular complexity index is 834. The molecule has 104 valence electrons. The first-order valence-electron chi connectivity index (χ1n) is 6.70. The Kier molecular flexibility index (Phi) is 2.55. The van der Waals surface area contributed by atoms with E-state index >= 15 is 0 Å². The van der Waals surface area contributed by atoms with Crippen LogP contribution in [0.2, 0.25) is 0 Å². The number of fused-ring (bicyclic) bond motifs is 2. The fourth-order valence-electron chi connectivity index (χ4n) is 2.82. The SMILES string of the molecule is [O-][n+]1c2c([n+]([O-])c3ccccc31)C(c1ccccc1)OC2. The third-order valence-corrected chi connectivity index (χ3v) is 3.82. The van der Waals surface area contributed by atoms with E-state index in [0.29, 0.717) is 22.4 Å². The van der Waals surface area contributed by atoms with Crippen LogP contribution < -0.4 is 9.46 Å². The van der Waals surface area contributed by atoms with Gasteiger partial charge in [-0.15, -0.1) is 0 Å². The summed E-state index contributed by atoms with van der Waals surface area (Å²) >= 11 is 0. The van der Waals surface area contributed by atoms with Crippen molar-refractivity contribution in [1.82, 2.24) is 0 Å². The summed E-state index contributed by atoms with van der Waals surface area (Å²) in [6.07, 6.45) is -0.497. The van der Waals surface area contributed by atoms with Gasteiger partial charge in [-0.05, 0) is 5.56 Å². The van der Waals surface area contributed by atoms with Gasteiger partial charge in [0.2, 0.25) is 0 Å². The fourth-order valence-corrected chi connectivity index (χ4v) is 2.82. The maximum Gasteiger partial charge on any atom is 0.298 e. The van der Waals surface area contributed by atoms with E-state index in [9.17, 15) is 10.4 Å². The smallest absolute Gasteiger partial charge is 0.298 e. The molecule has 0 fully saturated rings. The molecule has 0 bridgehead atoms. The summed E-state index contributed by atoms with van der Waals surface area (Å²) in [6, 6.07) is 16.2. The minimum absolute atomic E-state index is 0.144. The first-order chi connectivity index (χ1) is 10.3. The lowest BCUT2D eigenvalue weighted by Crippen LogP contribution is -2.44. The zero-order valence-corrected chi connectivity index (χ0v) is 11.1. The minimum Gasteiger partial charge on any atom is -0.618 e. The molecule has 1 aromatic heterocycles. The van der Waals surface area contributed by atoms with Gasteiger partial charge in [0.15, 0.2) is 6.10 Å². The van der Waals surface area contributed by atoms with Gasteiger partial charge in [-0.1, -0.05) is 42.5 Å². The molecule has 1 aliphatic rings. The predicted octanol–water partition coefficient (Wildman–Crippen LogP) is 1.73. The molecule has 0 saturated heterocycles. The lowest BCUT2D eigenvalue weighted by molar-refractivity contribution is -0.638. The molecule has 1 atom stereocenters. The van der Waals surface area contributed by atoms with Crippen LogP contribution in [0.3, 0.4) is 0 Å². The van der Waals surface area contributed by atoms with Crippen molar-refractivity contribution in [3.8, 4) is 0 Å². The molecule has 0 aliphatic carbocycles. The van der Waals surface area contributed by atoms with Gasteiger partial charge >= 0.3 is 0 Å². The summed E-state index contributed by atoms with van der Waals surface area (Å²) in [6.45, 7) is 0.144. The molecule has 5 nitrogen and oxygen atoms in total. The van der Waals surface area contributed by atoms with Gasteiger partial charge < -0.3 is 15.2 Å². The number of hydrogen-bond donors (Lipinski definition) is 0. The molecule has 3 aromatic rings. The number of benzene rings is 2. The Morgan fingerprint density at radius 1 is 0.857 bits per heavy atom. The maximum absolute atomic E-state index is 12.6. The fraction of sp³-hybridized carbons (Fsp3) is 0.125. The van der Waals surface area contributed by atoms with Crippen LogP contribution in [0.1, 0.15) is 23.1 Å². The largest absolute Gasteiger partial charge is 0.618 e. The van der Waals surface area contributed by atoms with Crippen molar-refractivity contribution in [2.75, 3.05) is 0 Å². The third kappa shape index (κ3) is 1.68. The second-order valence-corrected chi connectivity index (χ2v) is 5.01. The van der Waals surface area contributed by atoms with E-state index in [4.69, 9.17) is 4.74 Å². The number of para-hydroxylation sites is 2. The molecule has 1 unspecified atom stereocenters. The van der Waals surface area contributed by atoms with Crippen LogP contribution in [0.4, 0.5) is 0 Å². The Labute approximate surface area is 120 Å². The Hall–Kier alpha value is -2.66. The van der Waals surface area contributed by atoms with Gasteiger partial charge in [0.1, 0.15) is 6.61 Å². The highest BCUT2D eigenvalue weighted by molar-refractivity contribution is 5.67. The summed E-state index contributed by atoms with van der Waals surface area (Å²) in [4.78, 5) is 0. The van der Waals surface area contributed by atoms with Gasteiger partial charge in [-0.3, -0.25) is 0 Å². The molecule has 1 aliphatic heterocycles. The molecule has 0 amide bonds. The highest BCUT2D eigenvalue weighted by atomic mass is 16.5. The normalized spacial score (nSPS) is 17.0. The second kappa shape index (κ2) is 4.43. The van der Waals surface area contributed by atoms with Gasteiger partial charge in [0.05, 0.1) is 0 Å². The number of nitrogens with zero attached hydrogens (tertiary/aromatic N) is 2. The van der Waals surface area contributed by atoms with Crippen LogP contribution >= 0.6 is 0 Å². The first kappa shape index (κ1) is 12.1. The van der Waals surface area contributed by atoms with Crippen molar-refractivity contribution in [3.63, 3.8) is 0 Å². The molecule has 0 radical (unpaired) electrons. The minimum atomic E-state index is -0.497. The molecule has 4 rings (SSSR count). The van der Waals surface area contributed by atoms with Crippen molar-refractivity contribution >= 4 is 11.0 Å². The van der Waals surface area contributed by atoms with E-state index in [1.54, 1.807) is 24.3 Å². The number of rotatable bonds is 1. The van der Waals surface area contributed by atoms with Crippen LogP contribution in [0.5, 0.6) is 0 Å². The standard InChI is InChI=1S/C16H12N2O3/c19-17-12-8-4-5-9-13(12)18(20)15-14(17)10-21-16(15)11-6-2-1-3-7-11/h1-9,16H,10H2. The highest BCUT2D eigenvalue weighted by Gasteiger charge is 2.41. The first-order valence-corrected chi connectivity index (χ1v) is 6.70. The molecule has 0 saturated carbocycles. The topological polar surface area (TPSA) is 63.1 Å². The molecular formula is C16H12N2O3. The van der Waals surface area contributed by atoms with Crippen molar-refractivity contribution in [1.29, 1.82) is 0 Å². The maximum atomic E-state index is 12.6. The number of ether oxygens (including phenoxy) is 1. The van der Waals surface area contributed by atoms with Gasteiger partial charge in [-0.2, -0.15) is 9.46 Å². The second-order valence-electron chi connectivity index (χ2n) is 5.01. The molecule has 2 aromatic carbocycles. The van der Waals surface area contributed by atoms with E-state index in [1.165, 1.54) is 0 Å².